The number of nitrogens with zero attached hydrogens (tertiary/aromatic N) is 2. The summed E-state index contributed by atoms with van der Waals surface area (Å²) in [5.74, 6) is -0.621. The van der Waals surface area contributed by atoms with Gasteiger partial charge in [0.05, 0.1) is 10.9 Å². The molecule has 5 nitrogen and oxygen atoms in total. The molecule has 1 aliphatic rings. The molecule has 0 aliphatic carbocycles. The highest BCUT2D eigenvalue weighted by Crippen LogP contribution is 2.47. The number of hydrogen-bond acceptors (Lipinski definition) is 5. The van der Waals surface area contributed by atoms with Gasteiger partial charge in [-0.1, -0.05) is 29.8 Å². The van der Waals surface area contributed by atoms with Crippen LogP contribution in [0.1, 0.15) is 34.4 Å². The molecule has 2 atom stereocenters. The van der Waals surface area contributed by atoms with Gasteiger partial charge in [-0.2, -0.15) is 0 Å². The Hall–Kier alpha value is -2.31. The Bertz CT molecular complexity index is 940. The molecule has 1 aliphatic heterocycles. The standard InChI is InChI=1S/C24H30N2O3S/c1-15-7-9-19(10-8-15)23-22(29-18(4)27)24(28)26(12-11-25(5)6)20-13-16(2)17(3)14-21(20)30-23/h7-10,13-14,22-23H,11-12H2,1-6H3/t22-,23+/m0/s1. The van der Waals surface area contributed by atoms with Crippen LogP contribution in [-0.4, -0.2) is 50.1 Å². The summed E-state index contributed by atoms with van der Waals surface area (Å²) in [7, 11) is 3.97. The van der Waals surface area contributed by atoms with Crippen molar-refractivity contribution >= 4 is 29.3 Å². The van der Waals surface area contributed by atoms with E-state index >= 15 is 0 Å². The lowest BCUT2D eigenvalue weighted by Crippen LogP contribution is -2.45. The molecule has 0 N–H and O–H groups in total. The van der Waals surface area contributed by atoms with E-state index in [1.165, 1.54) is 12.5 Å². The first-order valence-corrected chi connectivity index (χ1v) is 11.0. The van der Waals surface area contributed by atoms with E-state index in [1.807, 2.05) is 50.2 Å². The zero-order valence-corrected chi connectivity index (χ0v) is 19.4. The van der Waals surface area contributed by atoms with E-state index in [-0.39, 0.29) is 11.2 Å². The molecular weight excluding hydrogens is 396 g/mol. The second-order valence-electron chi connectivity index (χ2n) is 8.18. The maximum atomic E-state index is 13.7. The number of fused-ring (bicyclic) bond motifs is 1. The number of anilines is 1. The molecule has 160 valence electrons. The minimum absolute atomic E-state index is 0.174. The number of rotatable bonds is 5. The van der Waals surface area contributed by atoms with Crippen molar-refractivity contribution < 1.29 is 14.3 Å². The molecule has 1 heterocycles. The van der Waals surface area contributed by atoms with E-state index in [0.29, 0.717) is 13.1 Å². The number of benzene rings is 2. The van der Waals surface area contributed by atoms with Crippen molar-refractivity contribution in [2.75, 3.05) is 32.1 Å². The molecule has 0 aromatic heterocycles. The first-order chi connectivity index (χ1) is 14.2. The number of hydrogen-bond donors (Lipinski definition) is 0. The molecule has 2 aromatic rings. The second kappa shape index (κ2) is 9.23. The van der Waals surface area contributed by atoms with Crippen LogP contribution in [0, 0.1) is 20.8 Å². The Balaban J connectivity index is 2.14. The topological polar surface area (TPSA) is 49.9 Å². The van der Waals surface area contributed by atoms with Crippen LogP contribution in [0.5, 0.6) is 0 Å². The average Bonchev–Trinajstić information content (AvgIpc) is 2.77. The van der Waals surface area contributed by atoms with Crippen LogP contribution in [0.15, 0.2) is 41.3 Å². The van der Waals surface area contributed by atoms with Gasteiger partial charge in [-0.25, -0.2) is 0 Å². The number of carbonyl (C=O) groups excluding carboxylic acids is 2. The van der Waals surface area contributed by atoms with Gasteiger partial charge in [0.15, 0.2) is 6.10 Å². The first kappa shape index (κ1) is 22.4. The average molecular weight is 427 g/mol. The lowest BCUT2D eigenvalue weighted by molar-refractivity contribution is -0.152. The summed E-state index contributed by atoms with van der Waals surface area (Å²) in [5, 5.41) is -0.313. The van der Waals surface area contributed by atoms with Crippen molar-refractivity contribution in [3.8, 4) is 0 Å². The van der Waals surface area contributed by atoms with Gasteiger partial charge in [0.25, 0.3) is 5.91 Å². The second-order valence-corrected chi connectivity index (χ2v) is 9.36. The van der Waals surface area contributed by atoms with E-state index in [9.17, 15) is 9.59 Å². The summed E-state index contributed by atoms with van der Waals surface area (Å²) in [6.45, 7) is 8.77. The fraction of sp³-hybridized carbons (Fsp3) is 0.417. The van der Waals surface area contributed by atoms with Crippen molar-refractivity contribution in [2.24, 2.45) is 0 Å². The number of amides is 1. The summed E-state index contributed by atoms with van der Waals surface area (Å²) in [4.78, 5) is 30.5. The number of likely N-dealkylation sites (N-methyl/N-ethyl adjacent to an activating group) is 1. The third kappa shape index (κ3) is 4.87. The first-order valence-electron chi connectivity index (χ1n) is 10.1. The highest BCUT2D eigenvalue weighted by Gasteiger charge is 2.40. The van der Waals surface area contributed by atoms with Gasteiger partial charge in [-0.05, 0) is 63.7 Å². The van der Waals surface area contributed by atoms with Crippen molar-refractivity contribution in [3.05, 3.63) is 58.7 Å². The molecule has 0 unspecified atom stereocenters. The van der Waals surface area contributed by atoms with Gasteiger partial charge in [-0.3, -0.25) is 9.59 Å². The number of ether oxygens (including phenoxy) is 1. The maximum Gasteiger partial charge on any atom is 0.303 e. The van der Waals surface area contributed by atoms with Gasteiger partial charge in [0.1, 0.15) is 0 Å². The Kier molecular flexibility index (Phi) is 6.88. The molecule has 0 fully saturated rings. The third-order valence-corrected chi connectivity index (χ3v) is 6.73. The quantitative estimate of drug-likeness (QED) is 0.668. The zero-order valence-electron chi connectivity index (χ0n) is 18.6. The number of carbonyl (C=O) groups is 2. The number of esters is 1. The summed E-state index contributed by atoms with van der Waals surface area (Å²) >= 11 is 1.60. The minimum Gasteiger partial charge on any atom is -0.451 e. The Labute approximate surface area is 183 Å². The van der Waals surface area contributed by atoms with Crippen LogP contribution in [0.2, 0.25) is 0 Å². The van der Waals surface area contributed by atoms with Crippen LogP contribution in [0.3, 0.4) is 0 Å². The highest BCUT2D eigenvalue weighted by molar-refractivity contribution is 7.99. The summed E-state index contributed by atoms with van der Waals surface area (Å²) < 4.78 is 5.64. The van der Waals surface area contributed by atoms with E-state index in [2.05, 4.69) is 26.0 Å². The molecule has 6 heteroatoms. The SMILES string of the molecule is CC(=O)O[C@@H]1C(=O)N(CCN(C)C)c2cc(C)c(C)cc2S[C@@H]1c1ccc(C)cc1. The molecule has 0 radical (unpaired) electrons. The van der Waals surface area contributed by atoms with Gasteiger partial charge in [0, 0.05) is 24.9 Å². The van der Waals surface area contributed by atoms with E-state index in [0.717, 1.165) is 27.3 Å². The van der Waals surface area contributed by atoms with Crippen LogP contribution >= 0.6 is 11.8 Å². The Morgan fingerprint density at radius 1 is 1.10 bits per heavy atom. The maximum absolute atomic E-state index is 13.7. The lowest BCUT2D eigenvalue weighted by atomic mass is 10.0. The Morgan fingerprint density at radius 2 is 1.73 bits per heavy atom. The van der Waals surface area contributed by atoms with Crippen LogP contribution < -0.4 is 4.90 Å². The fourth-order valence-electron chi connectivity index (χ4n) is 3.50. The van der Waals surface area contributed by atoms with E-state index in [1.54, 1.807) is 16.7 Å². The monoisotopic (exact) mass is 426 g/mol. The van der Waals surface area contributed by atoms with E-state index < -0.39 is 12.1 Å². The highest BCUT2D eigenvalue weighted by atomic mass is 32.2. The molecule has 0 spiro atoms. The summed E-state index contributed by atoms with van der Waals surface area (Å²) in [6.07, 6.45) is -0.884. The zero-order chi connectivity index (χ0) is 22.0. The molecule has 0 saturated heterocycles. The molecule has 0 saturated carbocycles. The minimum atomic E-state index is -0.884. The molecule has 3 rings (SSSR count). The van der Waals surface area contributed by atoms with Crippen LogP contribution in [0.4, 0.5) is 5.69 Å². The third-order valence-electron chi connectivity index (χ3n) is 5.37. The number of thioether (sulfide) groups is 1. The van der Waals surface area contributed by atoms with E-state index in [4.69, 9.17) is 4.74 Å². The Morgan fingerprint density at radius 3 is 2.33 bits per heavy atom. The van der Waals surface area contributed by atoms with Gasteiger partial charge >= 0.3 is 5.97 Å². The molecule has 0 bridgehead atoms. The predicted octanol–water partition coefficient (Wildman–Crippen LogP) is 4.29. The molecular formula is C24H30N2O3S. The summed E-state index contributed by atoms with van der Waals surface area (Å²) in [5.41, 5.74) is 5.32. The lowest BCUT2D eigenvalue weighted by Gasteiger charge is -2.28. The van der Waals surface area contributed by atoms with Gasteiger partial charge < -0.3 is 14.5 Å². The largest absolute Gasteiger partial charge is 0.451 e. The summed E-state index contributed by atoms with van der Waals surface area (Å²) in [6, 6.07) is 12.3. The van der Waals surface area contributed by atoms with Gasteiger partial charge in [-0.15, -0.1) is 11.8 Å². The fourth-order valence-corrected chi connectivity index (χ4v) is 4.90. The number of aryl methyl sites for hydroxylation is 3. The van der Waals surface area contributed by atoms with Gasteiger partial charge in [0.2, 0.25) is 0 Å². The van der Waals surface area contributed by atoms with Crippen LogP contribution in [0.25, 0.3) is 0 Å². The normalized spacial score (nSPS) is 18.9. The van der Waals surface area contributed by atoms with Crippen molar-refractivity contribution in [2.45, 2.75) is 43.9 Å². The van der Waals surface area contributed by atoms with Crippen molar-refractivity contribution in [1.82, 2.24) is 4.90 Å². The molecule has 2 aromatic carbocycles. The van der Waals surface area contributed by atoms with Crippen molar-refractivity contribution in [3.63, 3.8) is 0 Å². The molecule has 30 heavy (non-hydrogen) atoms. The molecule has 1 amide bonds. The predicted molar refractivity (Wildman–Crippen MR) is 122 cm³/mol. The van der Waals surface area contributed by atoms with Crippen LogP contribution in [-0.2, 0) is 14.3 Å². The smallest absolute Gasteiger partial charge is 0.303 e. The van der Waals surface area contributed by atoms with Crippen molar-refractivity contribution in [1.29, 1.82) is 0 Å².